The first-order valence-electron chi connectivity index (χ1n) is 6.82. The van der Waals surface area contributed by atoms with Crippen molar-refractivity contribution in [3.8, 4) is 0 Å². The van der Waals surface area contributed by atoms with E-state index in [9.17, 15) is 9.18 Å². The highest BCUT2D eigenvalue weighted by atomic mass is 35.5. The zero-order chi connectivity index (χ0) is 15.7. The lowest BCUT2D eigenvalue weighted by Crippen LogP contribution is -2.39. The molecule has 2 amide bonds. The highest BCUT2D eigenvalue weighted by molar-refractivity contribution is 6.42. The number of halogens is 3. The fraction of sp³-hybridized carbons (Fsp3) is 0.188. The van der Waals surface area contributed by atoms with Crippen molar-refractivity contribution < 1.29 is 9.18 Å². The fourth-order valence-corrected chi connectivity index (χ4v) is 2.79. The van der Waals surface area contributed by atoms with Gasteiger partial charge in [0, 0.05) is 17.8 Å². The summed E-state index contributed by atoms with van der Waals surface area (Å²) in [5.41, 5.74) is 2.09. The number of hydrogen-bond acceptors (Lipinski definition) is 1. The lowest BCUT2D eigenvalue weighted by atomic mass is 9.99. The van der Waals surface area contributed by atoms with Gasteiger partial charge in [-0.3, -0.25) is 0 Å². The molecule has 0 aromatic heterocycles. The van der Waals surface area contributed by atoms with Gasteiger partial charge in [-0.15, -0.1) is 0 Å². The zero-order valence-electron chi connectivity index (χ0n) is 11.6. The number of nitrogens with zero attached hydrogens (tertiary/aromatic N) is 1. The van der Waals surface area contributed by atoms with Gasteiger partial charge in [0.1, 0.15) is 5.82 Å². The molecule has 0 saturated heterocycles. The van der Waals surface area contributed by atoms with E-state index in [4.69, 9.17) is 23.2 Å². The molecule has 114 valence electrons. The van der Waals surface area contributed by atoms with Crippen molar-refractivity contribution in [2.75, 3.05) is 11.9 Å². The molecule has 1 heterocycles. The van der Waals surface area contributed by atoms with Crippen LogP contribution < -0.4 is 5.32 Å². The molecule has 1 aliphatic rings. The second kappa shape index (κ2) is 6.15. The van der Waals surface area contributed by atoms with E-state index in [0.29, 0.717) is 34.3 Å². The molecule has 2 aromatic carbocycles. The second-order valence-electron chi connectivity index (χ2n) is 5.11. The van der Waals surface area contributed by atoms with Crippen molar-refractivity contribution in [3.63, 3.8) is 0 Å². The van der Waals surface area contributed by atoms with Crippen molar-refractivity contribution in [1.29, 1.82) is 0 Å². The maximum atomic E-state index is 13.8. The SMILES string of the molecule is O=C(Nc1ccc(Cl)c(Cl)c1)N1CCc2cccc(F)c2C1. The van der Waals surface area contributed by atoms with Crippen LogP contribution in [-0.4, -0.2) is 17.5 Å². The van der Waals surface area contributed by atoms with Crippen LogP contribution >= 0.6 is 23.2 Å². The summed E-state index contributed by atoms with van der Waals surface area (Å²) in [7, 11) is 0. The Labute approximate surface area is 137 Å². The van der Waals surface area contributed by atoms with Crippen LogP contribution in [0.5, 0.6) is 0 Å². The number of anilines is 1. The molecule has 0 fully saturated rings. The van der Waals surface area contributed by atoms with Crippen LogP contribution in [0.4, 0.5) is 14.9 Å². The van der Waals surface area contributed by atoms with E-state index in [1.807, 2.05) is 6.07 Å². The number of fused-ring (bicyclic) bond motifs is 1. The summed E-state index contributed by atoms with van der Waals surface area (Å²) in [5.74, 6) is -0.274. The molecule has 0 bridgehead atoms. The summed E-state index contributed by atoms with van der Waals surface area (Å²) >= 11 is 11.8. The van der Waals surface area contributed by atoms with Crippen molar-refractivity contribution in [2.45, 2.75) is 13.0 Å². The van der Waals surface area contributed by atoms with Gasteiger partial charge in [0.15, 0.2) is 0 Å². The molecule has 0 atom stereocenters. The molecule has 0 aliphatic carbocycles. The van der Waals surface area contributed by atoms with Crippen molar-refractivity contribution in [2.24, 2.45) is 0 Å². The summed E-state index contributed by atoms with van der Waals surface area (Å²) in [4.78, 5) is 13.9. The number of benzene rings is 2. The number of nitrogens with one attached hydrogen (secondary N) is 1. The van der Waals surface area contributed by atoms with Crippen molar-refractivity contribution in [1.82, 2.24) is 4.90 Å². The Hall–Kier alpha value is -1.78. The van der Waals surface area contributed by atoms with Gasteiger partial charge in [0.25, 0.3) is 0 Å². The van der Waals surface area contributed by atoms with Crippen molar-refractivity contribution >= 4 is 34.9 Å². The van der Waals surface area contributed by atoms with Gasteiger partial charge in [-0.2, -0.15) is 0 Å². The molecule has 22 heavy (non-hydrogen) atoms. The van der Waals surface area contributed by atoms with Crippen molar-refractivity contribution in [3.05, 3.63) is 63.4 Å². The first-order valence-corrected chi connectivity index (χ1v) is 7.57. The monoisotopic (exact) mass is 338 g/mol. The van der Waals surface area contributed by atoms with E-state index in [1.54, 1.807) is 29.2 Å². The number of urea groups is 1. The van der Waals surface area contributed by atoms with Gasteiger partial charge in [-0.1, -0.05) is 35.3 Å². The van der Waals surface area contributed by atoms with Crippen LogP contribution in [-0.2, 0) is 13.0 Å². The Morgan fingerprint density at radius 3 is 2.77 bits per heavy atom. The smallest absolute Gasteiger partial charge is 0.320 e. The third-order valence-corrected chi connectivity index (χ3v) is 4.41. The third-order valence-electron chi connectivity index (χ3n) is 3.67. The Bertz CT molecular complexity index is 736. The van der Waals surface area contributed by atoms with Crippen LogP contribution in [0.1, 0.15) is 11.1 Å². The molecule has 0 spiro atoms. The summed E-state index contributed by atoms with van der Waals surface area (Å²) in [6.45, 7) is 0.804. The Morgan fingerprint density at radius 1 is 1.18 bits per heavy atom. The molecule has 3 nitrogen and oxygen atoms in total. The topological polar surface area (TPSA) is 32.3 Å². The van der Waals surface area contributed by atoms with Crippen LogP contribution in [0.25, 0.3) is 0 Å². The molecule has 0 unspecified atom stereocenters. The largest absolute Gasteiger partial charge is 0.322 e. The van der Waals surface area contributed by atoms with Gasteiger partial charge in [0.05, 0.1) is 16.6 Å². The number of carbonyl (C=O) groups is 1. The highest BCUT2D eigenvalue weighted by Crippen LogP contribution is 2.26. The molecule has 0 saturated carbocycles. The summed E-state index contributed by atoms with van der Waals surface area (Å²) in [5, 5.41) is 3.55. The number of carbonyl (C=O) groups excluding carboxylic acids is 1. The summed E-state index contributed by atoms with van der Waals surface area (Å²) in [6, 6.07) is 9.59. The Morgan fingerprint density at radius 2 is 2.00 bits per heavy atom. The molecule has 6 heteroatoms. The highest BCUT2D eigenvalue weighted by Gasteiger charge is 2.23. The third kappa shape index (κ3) is 3.03. The van der Waals surface area contributed by atoms with E-state index in [-0.39, 0.29) is 18.4 Å². The minimum Gasteiger partial charge on any atom is -0.320 e. The maximum absolute atomic E-state index is 13.8. The Kier molecular flexibility index (Phi) is 4.23. The zero-order valence-corrected chi connectivity index (χ0v) is 13.1. The molecule has 3 rings (SSSR count). The standard InChI is InChI=1S/C16H13Cl2FN2O/c17-13-5-4-11(8-14(13)18)20-16(22)21-7-6-10-2-1-3-15(19)12(10)9-21/h1-5,8H,6-7,9H2,(H,20,22). The van der Waals surface area contributed by atoms with Crippen LogP contribution in [0.3, 0.4) is 0 Å². The number of hydrogen-bond donors (Lipinski definition) is 1. The molecule has 1 aliphatic heterocycles. The summed E-state index contributed by atoms with van der Waals surface area (Å²) in [6.07, 6.45) is 0.641. The van der Waals surface area contributed by atoms with E-state index in [2.05, 4.69) is 5.32 Å². The van der Waals surface area contributed by atoms with Gasteiger partial charge in [0.2, 0.25) is 0 Å². The van der Waals surface area contributed by atoms with Gasteiger partial charge < -0.3 is 10.2 Å². The van der Waals surface area contributed by atoms with Crippen LogP contribution in [0, 0.1) is 5.82 Å². The quantitative estimate of drug-likeness (QED) is 0.801. The normalized spacial score (nSPS) is 13.7. The minimum absolute atomic E-state index is 0.259. The Balaban J connectivity index is 1.74. The molecular formula is C16H13Cl2FN2O. The lowest BCUT2D eigenvalue weighted by Gasteiger charge is -2.29. The van der Waals surface area contributed by atoms with Gasteiger partial charge in [-0.05, 0) is 36.2 Å². The van der Waals surface area contributed by atoms with E-state index in [1.165, 1.54) is 6.07 Å². The average Bonchev–Trinajstić information content (AvgIpc) is 2.51. The van der Waals surface area contributed by atoms with E-state index in [0.717, 1.165) is 5.56 Å². The molecular weight excluding hydrogens is 326 g/mol. The minimum atomic E-state index is -0.285. The van der Waals surface area contributed by atoms with Crippen LogP contribution in [0.2, 0.25) is 10.0 Å². The number of rotatable bonds is 1. The van der Waals surface area contributed by atoms with E-state index >= 15 is 0 Å². The maximum Gasteiger partial charge on any atom is 0.322 e. The lowest BCUT2D eigenvalue weighted by molar-refractivity contribution is 0.205. The second-order valence-corrected chi connectivity index (χ2v) is 5.92. The predicted octanol–water partition coefficient (Wildman–Crippen LogP) is 4.72. The average molecular weight is 339 g/mol. The number of amides is 2. The van der Waals surface area contributed by atoms with Gasteiger partial charge in [-0.25, -0.2) is 9.18 Å². The molecule has 1 N–H and O–H groups in total. The van der Waals surface area contributed by atoms with E-state index < -0.39 is 0 Å². The molecule has 2 aromatic rings. The van der Waals surface area contributed by atoms with Crippen LogP contribution in [0.15, 0.2) is 36.4 Å². The predicted molar refractivity (Wildman–Crippen MR) is 86.0 cm³/mol. The molecule has 0 radical (unpaired) electrons. The fourth-order valence-electron chi connectivity index (χ4n) is 2.49. The summed E-state index contributed by atoms with van der Waals surface area (Å²) < 4.78 is 13.8. The first-order chi connectivity index (χ1) is 10.5. The van der Waals surface area contributed by atoms with Gasteiger partial charge >= 0.3 is 6.03 Å². The first kappa shape index (κ1) is 15.1.